The molecule has 1 aromatic rings. The monoisotopic (exact) mass is 184 g/mol. The molecule has 0 aliphatic heterocycles. The maximum absolute atomic E-state index is 10.7. The Morgan fingerprint density at radius 2 is 2.31 bits per heavy atom. The van der Waals surface area contributed by atoms with Crippen molar-refractivity contribution in [2.75, 3.05) is 0 Å². The zero-order valence-electron chi connectivity index (χ0n) is 7.52. The van der Waals surface area contributed by atoms with E-state index in [1.54, 1.807) is 0 Å². The van der Waals surface area contributed by atoms with Crippen LogP contribution in [0.25, 0.3) is 0 Å². The van der Waals surface area contributed by atoms with Crippen molar-refractivity contribution in [3.05, 3.63) is 17.5 Å². The van der Waals surface area contributed by atoms with Gasteiger partial charge in [-0.15, -0.1) is 0 Å². The lowest BCUT2D eigenvalue weighted by atomic mass is 9.99. The maximum atomic E-state index is 10.7. The number of nitrogens with two attached hydrogens (primary N) is 1. The predicted molar refractivity (Wildman–Crippen MR) is 45.2 cm³/mol. The molecule has 0 spiro atoms. The number of carboxylic acid groups (broad SMARTS) is 1. The molecular formula is C8H12N2O3. The Morgan fingerprint density at radius 3 is 2.77 bits per heavy atom. The Bertz CT molecular complexity index is 306. The molecule has 0 saturated carbocycles. The molecule has 5 nitrogen and oxygen atoms in total. The summed E-state index contributed by atoms with van der Waals surface area (Å²) in [5, 5.41) is 12.3. The normalized spacial score (nSPS) is 13.2. The van der Waals surface area contributed by atoms with E-state index in [0.717, 1.165) is 6.26 Å². The molecule has 0 amide bonds. The minimum absolute atomic E-state index is 0.0428. The number of hydrogen-bond acceptors (Lipinski definition) is 4. The molecule has 0 radical (unpaired) electrons. The first-order valence-electron chi connectivity index (χ1n) is 3.97. The van der Waals surface area contributed by atoms with Crippen molar-refractivity contribution in [1.82, 2.24) is 5.16 Å². The van der Waals surface area contributed by atoms with Crippen LogP contribution in [0.1, 0.15) is 35.9 Å². The van der Waals surface area contributed by atoms with Gasteiger partial charge >= 0.3 is 5.97 Å². The van der Waals surface area contributed by atoms with Crippen molar-refractivity contribution in [2.45, 2.75) is 19.9 Å². The first kappa shape index (κ1) is 9.73. The summed E-state index contributed by atoms with van der Waals surface area (Å²) in [6.45, 7) is 3.79. The molecule has 72 valence electrons. The lowest BCUT2D eigenvalue weighted by molar-refractivity contribution is 0.0694. The van der Waals surface area contributed by atoms with E-state index in [4.69, 9.17) is 10.8 Å². The smallest absolute Gasteiger partial charge is 0.341 e. The summed E-state index contributed by atoms with van der Waals surface area (Å²) in [6, 6.07) is -0.398. The molecule has 0 bridgehead atoms. The molecule has 13 heavy (non-hydrogen) atoms. The number of carboxylic acids is 1. The van der Waals surface area contributed by atoms with Crippen molar-refractivity contribution in [1.29, 1.82) is 0 Å². The molecule has 0 fully saturated rings. The van der Waals surface area contributed by atoms with Gasteiger partial charge in [-0.3, -0.25) is 0 Å². The van der Waals surface area contributed by atoms with Crippen LogP contribution in [0.3, 0.4) is 0 Å². The molecule has 3 N–H and O–H groups in total. The zero-order chi connectivity index (χ0) is 10.0. The summed E-state index contributed by atoms with van der Waals surface area (Å²) in [4.78, 5) is 10.7. The molecule has 0 aromatic carbocycles. The molecular weight excluding hydrogens is 172 g/mol. The van der Waals surface area contributed by atoms with Gasteiger partial charge in [0.05, 0.1) is 6.04 Å². The van der Waals surface area contributed by atoms with E-state index in [1.165, 1.54) is 0 Å². The summed E-state index contributed by atoms with van der Waals surface area (Å²) in [6.07, 6.45) is 1.10. The first-order chi connectivity index (χ1) is 6.04. The van der Waals surface area contributed by atoms with Crippen LogP contribution in [0.2, 0.25) is 0 Å². The van der Waals surface area contributed by atoms with Gasteiger partial charge in [0, 0.05) is 0 Å². The first-order valence-corrected chi connectivity index (χ1v) is 3.97. The van der Waals surface area contributed by atoms with E-state index in [0.29, 0.717) is 5.69 Å². The van der Waals surface area contributed by atoms with Crippen LogP contribution in [0.15, 0.2) is 10.8 Å². The van der Waals surface area contributed by atoms with Gasteiger partial charge < -0.3 is 15.4 Å². The van der Waals surface area contributed by atoms with E-state index < -0.39 is 12.0 Å². The second-order valence-electron chi connectivity index (χ2n) is 3.19. The Labute approximate surface area is 75.5 Å². The number of aromatic carboxylic acids is 1. The lowest BCUT2D eigenvalue weighted by Crippen LogP contribution is -2.19. The van der Waals surface area contributed by atoms with Crippen LogP contribution in [0.4, 0.5) is 0 Å². The molecule has 0 aliphatic rings. The van der Waals surface area contributed by atoms with Crippen molar-refractivity contribution >= 4 is 5.97 Å². The number of hydrogen-bond donors (Lipinski definition) is 2. The van der Waals surface area contributed by atoms with Crippen LogP contribution >= 0.6 is 0 Å². The average Bonchev–Trinajstić information content (AvgIpc) is 2.50. The largest absolute Gasteiger partial charge is 0.478 e. The van der Waals surface area contributed by atoms with Gasteiger partial charge in [-0.05, 0) is 5.92 Å². The zero-order valence-corrected chi connectivity index (χ0v) is 7.52. The van der Waals surface area contributed by atoms with Crippen molar-refractivity contribution in [3.63, 3.8) is 0 Å². The van der Waals surface area contributed by atoms with Crippen LogP contribution in [-0.4, -0.2) is 16.2 Å². The van der Waals surface area contributed by atoms with Crippen molar-refractivity contribution in [3.8, 4) is 0 Å². The Morgan fingerprint density at radius 1 is 1.69 bits per heavy atom. The summed E-state index contributed by atoms with van der Waals surface area (Å²) in [5.41, 5.74) is 6.09. The summed E-state index contributed by atoms with van der Waals surface area (Å²) >= 11 is 0. The van der Waals surface area contributed by atoms with Gasteiger partial charge in [-0.1, -0.05) is 19.0 Å². The molecule has 1 rings (SSSR count). The van der Waals surface area contributed by atoms with E-state index in [1.807, 2.05) is 13.8 Å². The number of rotatable bonds is 3. The highest BCUT2D eigenvalue weighted by Gasteiger charge is 2.22. The Balaban J connectivity index is 3.00. The molecule has 1 atom stereocenters. The predicted octanol–water partition coefficient (Wildman–Crippen LogP) is 1.03. The van der Waals surface area contributed by atoms with Gasteiger partial charge in [0.15, 0.2) is 0 Å². The van der Waals surface area contributed by atoms with Crippen molar-refractivity contribution < 1.29 is 14.4 Å². The van der Waals surface area contributed by atoms with E-state index in [2.05, 4.69) is 9.68 Å². The van der Waals surface area contributed by atoms with Crippen LogP contribution in [-0.2, 0) is 0 Å². The summed E-state index contributed by atoms with van der Waals surface area (Å²) in [5.74, 6) is -0.935. The third-order valence-corrected chi connectivity index (χ3v) is 1.86. The SMILES string of the molecule is CC(C)C(N)c1nocc1C(=O)O. The third-order valence-electron chi connectivity index (χ3n) is 1.86. The quantitative estimate of drug-likeness (QED) is 0.732. The highest BCUT2D eigenvalue weighted by atomic mass is 16.5. The average molecular weight is 184 g/mol. The van der Waals surface area contributed by atoms with E-state index >= 15 is 0 Å². The molecule has 0 aliphatic carbocycles. The molecule has 1 unspecified atom stereocenters. The minimum atomic E-state index is -1.06. The van der Waals surface area contributed by atoms with Gasteiger partial charge in [0.25, 0.3) is 0 Å². The highest BCUT2D eigenvalue weighted by Crippen LogP contribution is 2.20. The minimum Gasteiger partial charge on any atom is -0.478 e. The summed E-state index contributed by atoms with van der Waals surface area (Å²) in [7, 11) is 0. The Hall–Kier alpha value is -1.36. The molecule has 1 heterocycles. The molecule has 5 heteroatoms. The van der Waals surface area contributed by atoms with Crippen LogP contribution < -0.4 is 5.73 Å². The maximum Gasteiger partial charge on any atom is 0.341 e. The fourth-order valence-corrected chi connectivity index (χ4v) is 0.962. The molecule has 0 saturated heterocycles. The van der Waals surface area contributed by atoms with Crippen LogP contribution in [0.5, 0.6) is 0 Å². The van der Waals surface area contributed by atoms with Gasteiger partial charge in [-0.25, -0.2) is 4.79 Å². The number of aromatic nitrogens is 1. The van der Waals surface area contributed by atoms with Gasteiger partial charge in [-0.2, -0.15) is 0 Å². The van der Waals surface area contributed by atoms with Crippen molar-refractivity contribution in [2.24, 2.45) is 11.7 Å². The highest BCUT2D eigenvalue weighted by molar-refractivity contribution is 5.88. The number of carbonyl (C=O) groups is 1. The second-order valence-corrected chi connectivity index (χ2v) is 3.19. The lowest BCUT2D eigenvalue weighted by Gasteiger charge is -2.12. The Kier molecular flexibility index (Phi) is 2.67. The third kappa shape index (κ3) is 1.86. The summed E-state index contributed by atoms with van der Waals surface area (Å²) < 4.78 is 4.57. The van der Waals surface area contributed by atoms with Crippen LogP contribution in [0, 0.1) is 5.92 Å². The van der Waals surface area contributed by atoms with Gasteiger partial charge in [0.1, 0.15) is 17.5 Å². The number of nitrogens with zero attached hydrogens (tertiary/aromatic N) is 1. The van der Waals surface area contributed by atoms with Gasteiger partial charge in [0.2, 0.25) is 0 Å². The molecule has 1 aromatic heterocycles. The fraction of sp³-hybridized carbons (Fsp3) is 0.500. The van der Waals surface area contributed by atoms with E-state index in [-0.39, 0.29) is 11.5 Å². The van der Waals surface area contributed by atoms with E-state index in [9.17, 15) is 4.79 Å². The topological polar surface area (TPSA) is 89.4 Å². The standard InChI is InChI=1S/C8H12N2O3/c1-4(2)6(9)7-5(8(11)12)3-13-10-7/h3-4,6H,9H2,1-2H3,(H,11,12). The second kappa shape index (κ2) is 3.57. The fourth-order valence-electron chi connectivity index (χ4n) is 0.962.